The zero-order chi connectivity index (χ0) is 20.8. The van der Waals surface area contributed by atoms with Crippen LogP contribution in [-0.4, -0.2) is 29.2 Å². The number of halogens is 1. The molecule has 1 saturated heterocycles. The molecule has 1 fully saturated rings. The highest BCUT2D eigenvalue weighted by molar-refractivity contribution is 7.99. The summed E-state index contributed by atoms with van der Waals surface area (Å²) in [5, 5.41) is 12.4. The Labute approximate surface area is 179 Å². The Balaban J connectivity index is 1.27. The van der Waals surface area contributed by atoms with Gasteiger partial charge < -0.3 is 10.2 Å². The van der Waals surface area contributed by atoms with E-state index in [9.17, 15) is 9.18 Å². The van der Waals surface area contributed by atoms with E-state index in [-0.39, 0.29) is 17.6 Å². The van der Waals surface area contributed by atoms with Crippen molar-refractivity contribution in [2.24, 2.45) is 5.92 Å². The Morgan fingerprint density at radius 2 is 1.83 bits per heavy atom. The van der Waals surface area contributed by atoms with Gasteiger partial charge in [-0.1, -0.05) is 48.2 Å². The molecule has 1 aliphatic rings. The zero-order valence-corrected chi connectivity index (χ0v) is 17.3. The van der Waals surface area contributed by atoms with Crippen LogP contribution < -0.4 is 10.2 Å². The second-order valence-corrected chi connectivity index (χ2v) is 8.35. The number of aromatic nitrogens is 2. The van der Waals surface area contributed by atoms with Crippen LogP contribution in [0.5, 0.6) is 0 Å². The van der Waals surface area contributed by atoms with Crippen LogP contribution in [0.25, 0.3) is 0 Å². The van der Waals surface area contributed by atoms with Crippen molar-refractivity contribution in [3.8, 4) is 0 Å². The number of piperidine rings is 1. The van der Waals surface area contributed by atoms with Gasteiger partial charge >= 0.3 is 0 Å². The molecule has 1 N–H and O–H groups in total. The van der Waals surface area contributed by atoms with Gasteiger partial charge in [0.2, 0.25) is 5.91 Å². The maximum absolute atomic E-state index is 13.3. The van der Waals surface area contributed by atoms with Crippen LogP contribution in [0, 0.1) is 11.7 Å². The van der Waals surface area contributed by atoms with Gasteiger partial charge in [-0.2, -0.15) is 0 Å². The molecular formula is C23H23FN4OS. The first-order valence-corrected chi connectivity index (χ1v) is 10.8. The van der Waals surface area contributed by atoms with E-state index in [0.29, 0.717) is 6.54 Å². The molecule has 1 aliphatic heterocycles. The van der Waals surface area contributed by atoms with Crippen LogP contribution in [0.15, 0.2) is 76.7 Å². The third-order valence-corrected chi connectivity index (χ3v) is 6.06. The Kier molecular flexibility index (Phi) is 6.59. The molecule has 1 amide bonds. The lowest BCUT2D eigenvalue weighted by Crippen LogP contribution is -2.40. The van der Waals surface area contributed by atoms with Crippen LogP contribution in [0.2, 0.25) is 0 Å². The normalized spacial score (nSPS) is 14.5. The van der Waals surface area contributed by atoms with Crippen molar-refractivity contribution in [3.63, 3.8) is 0 Å². The van der Waals surface area contributed by atoms with Gasteiger partial charge in [0.15, 0.2) is 5.82 Å². The molecule has 5 nitrogen and oxygen atoms in total. The van der Waals surface area contributed by atoms with Crippen molar-refractivity contribution in [3.05, 3.63) is 78.1 Å². The molecule has 0 spiro atoms. The molecule has 0 atom stereocenters. The molecule has 2 heterocycles. The maximum atomic E-state index is 13.3. The second-order valence-electron chi connectivity index (χ2n) is 7.25. The molecule has 2 aromatic carbocycles. The zero-order valence-electron chi connectivity index (χ0n) is 16.5. The van der Waals surface area contributed by atoms with E-state index in [1.807, 2.05) is 48.5 Å². The number of hydrogen-bond acceptors (Lipinski definition) is 5. The number of rotatable bonds is 6. The minimum atomic E-state index is -0.264. The summed E-state index contributed by atoms with van der Waals surface area (Å²) in [5.74, 6) is 0.689. The topological polar surface area (TPSA) is 58.1 Å². The van der Waals surface area contributed by atoms with Crippen molar-refractivity contribution in [1.29, 1.82) is 0 Å². The smallest absolute Gasteiger partial charge is 0.223 e. The van der Waals surface area contributed by atoms with Crippen LogP contribution >= 0.6 is 11.8 Å². The van der Waals surface area contributed by atoms with Gasteiger partial charge in [0, 0.05) is 30.4 Å². The number of benzene rings is 2. The van der Waals surface area contributed by atoms with Crippen molar-refractivity contribution in [2.45, 2.75) is 29.3 Å². The third kappa shape index (κ3) is 5.36. The summed E-state index contributed by atoms with van der Waals surface area (Å²) in [5.41, 5.74) is 1.11. The van der Waals surface area contributed by atoms with E-state index in [2.05, 4.69) is 20.4 Å². The quantitative estimate of drug-likeness (QED) is 0.642. The van der Waals surface area contributed by atoms with Crippen molar-refractivity contribution < 1.29 is 9.18 Å². The van der Waals surface area contributed by atoms with Gasteiger partial charge in [0.25, 0.3) is 0 Å². The summed E-state index contributed by atoms with van der Waals surface area (Å²) in [6, 6.07) is 20.2. The fourth-order valence-corrected chi connectivity index (χ4v) is 4.26. The fourth-order valence-electron chi connectivity index (χ4n) is 3.49. The first kappa shape index (κ1) is 20.3. The lowest BCUT2D eigenvalue weighted by molar-refractivity contribution is -0.125. The van der Waals surface area contributed by atoms with Gasteiger partial charge in [-0.25, -0.2) is 4.39 Å². The van der Waals surface area contributed by atoms with Crippen molar-refractivity contribution in [2.75, 3.05) is 18.0 Å². The van der Waals surface area contributed by atoms with E-state index in [0.717, 1.165) is 47.2 Å². The molecule has 30 heavy (non-hydrogen) atoms. The summed E-state index contributed by atoms with van der Waals surface area (Å²) < 4.78 is 13.3. The van der Waals surface area contributed by atoms with Crippen LogP contribution in [0.1, 0.15) is 18.4 Å². The molecular weight excluding hydrogens is 399 g/mol. The summed E-state index contributed by atoms with van der Waals surface area (Å²) in [7, 11) is 0. The van der Waals surface area contributed by atoms with Gasteiger partial charge in [-0.3, -0.25) is 4.79 Å². The number of nitrogens with one attached hydrogen (secondary N) is 1. The van der Waals surface area contributed by atoms with Crippen LogP contribution in [-0.2, 0) is 11.3 Å². The lowest BCUT2D eigenvalue weighted by atomic mass is 9.96. The lowest BCUT2D eigenvalue weighted by Gasteiger charge is -2.31. The molecule has 154 valence electrons. The molecule has 0 aliphatic carbocycles. The van der Waals surface area contributed by atoms with Crippen LogP contribution in [0.3, 0.4) is 0 Å². The SMILES string of the molecule is O=C(NCc1ccccc1)C1CCN(c2ccc(Sc3cccc(F)c3)nn2)CC1. The van der Waals surface area contributed by atoms with E-state index in [1.165, 1.54) is 23.9 Å². The Morgan fingerprint density at radius 1 is 1.03 bits per heavy atom. The number of carbonyl (C=O) groups excluding carboxylic acids is 1. The van der Waals surface area contributed by atoms with Crippen LogP contribution in [0.4, 0.5) is 10.2 Å². The fraction of sp³-hybridized carbons (Fsp3) is 0.261. The average Bonchev–Trinajstić information content (AvgIpc) is 2.79. The van der Waals surface area contributed by atoms with Gasteiger partial charge in [-0.05, 0) is 48.7 Å². The highest BCUT2D eigenvalue weighted by Gasteiger charge is 2.25. The minimum absolute atomic E-state index is 0.0285. The second kappa shape index (κ2) is 9.71. The number of amides is 1. The Morgan fingerprint density at radius 3 is 2.53 bits per heavy atom. The standard InChI is InChI=1S/C23H23FN4OS/c24-19-7-4-8-20(15-19)30-22-10-9-21(26-27-22)28-13-11-18(12-14-28)23(29)25-16-17-5-2-1-3-6-17/h1-10,15,18H,11-14,16H2,(H,25,29). The molecule has 3 aromatic rings. The largest absolute Gasteiger partial charge is 0.355 e. The predicted octanol–water partition coefficient (Wildman–Crippen LogP) is 4.30. The molecule has 0 radical (unpaired) electrons. The molecule has 0 saturated carbocycles. The number of hydrogen-bond donors (Lipinski definition) is 1. The van der Waals surface area contributed by atoms with E-state index in [4.69, 9.17) is 0 Å². The predicted molar refractivity (Wildman–Crippen MR) is 116 cm³/mol. The molecule has 1 aromatic heterocycles. The molecule has 7 heteroatoms. The number of anilines is 1. The third-order valence-electron chi connectivity index (χ3n) is 5.14. The maximum Gasteiger partial charge on any atom is 0.223 e. The Bertz CT molecular complexity index is 976. The van der Waals surface area contributed by atoms with E-state index in [1.54, 1.807) is 6.07 Å². The van der Waals surface area contributed by atoms with Crippen molar-refractivity contribution >= 4 is 23.5 Å². The highest BCUT2D eigenvalue weighted by Crippen LogP contribution is 2.28. The van der Waals surface area contributed by atoms with E-state index >= 15 is 0 Å². The summed E-state index contributed by atoms with van der Waals surface area (Å²) in [6.07, 6.45) is 1.59. The summed E-state index contributed by atoms with van der Waals surface area (Å²) in [4.78, 5) is 15.4. The van der Waals surface area contributed by atoms with Gasteiger partial charge in [0.05, 0.1) is 0 Å². The molecule has 0 bridgehead atoms. The molecule has 4 rings (SSSR count). The van der Waals surface area contributed by atoms with Gasteiger partial charge in [-0.15, -0.1) is 10.2 Å². The molecule has 0 unspecified atom stereocenters. The van der Waals surface area contributed by atoms with E-state index < -0.39 is 0 Å². The van der Waals surface area contributed by atoms with Gasteiger partial charge in [0.1, 0.15) is 10.8 Å². The summed E-state index contributed by atoms with van der Waals surface area (Å²) >= 11 is 1.38. The average molecular weight is 423 g/mol. The van der Waals surface area contributed by atoms with Crippen molar-refractivity contribution in [1.82, 2.24) is 15.5 Å². The Hall–Kier alpha value is -2.93. The first-order valence-electron chi connectivity index (χ1n) is 10.0. The minimum Gasteiger partial charge on any atom is -0.355 e. The number of nitrogens with zero attached hydrogens (tertiary/aromatic N) is 3. The highest BCUT2D eigenvalue weighted by atomic mass is 32.2. The summed E-state index contributed by atoms with van der Waals surface area (Å²) in [6.45, 7) is 2.11. The monoisotopic (exact) mass is 422 g/mol. The first-order chi connectivity index (χ1) is 14.7. The number of carbonyl (C=O) groups is 1.